The number of piperidine rings is 1. The number of hydrogen-bond donors (Lipinski definition) is 2. The van der Waals surface area contributed by atoms with E-state index in [-0.39, 0.29) is 11.9 Å². The maximum atomic E-state index is 13.3. The number of aryl methyl sites for hydroxylation is 1. The highest BCUT2D eigenvalue weighted by Crippen LogP contribution is 2.36. The summed E-state index contributed by atoms with van der Waals surface area (Å²) in [6.45, 7) is 2.89. The fourth-order valence-corrected chi connectivity index (χ4v) is 5.95. The molecule has 2 aromatic rings. The van der Waals surface area contributed by atoms with E-state index >= 15 is 0 Å². The van der Waals surface area contributed by atoms with E-state index in [1.165, 1.54) is 12.1 Å². The number of nitrogens with one attached hydrogen (secondary N) is 1. The molecule has 0 spiro atoms. The fraction of sp³-hybridized carbons (Fsp3) is 0.545. The maximum absolute atomic E-state index is 13.3. The molecule has 4 heterocycles. The summed E-state index contributed by atoms with van der Waals surface area (Å²) < 4.78 is 31.4. The van der Waals surface area contributed by atoms with Crippen LogP contribution in [0.4, 0.5) is 16.2 Å². The molecule has 0 aliphatic carbocycles. The Balaban J connectivity index is 1.36. The number of nitrogens with two attached hydrogens (primary N) is 1. The average Bonchev–Trinajstić information content (AvgIpc) is 3.16. The first kappa shape index (κ1) is 20.9. The summed E-state index contributed by atoms with van der Waals surface area (Å²) in [5.74, 6) is 1.74. The third-order valence-electron chi connectivity index (χ3n) is 6.60. The summed E-state index contributed by atoms with van der Waals surface area (Å²) in [4.78, 5) is 12.5. The molecule has 1 aromatic carbocycles. The van der Waals surface area contributed by atoms with Gasteiger partial charge in [-0.15, -0.1) is 0 Å². The molecule has 5 rings (SSSR count). The third-order valence-corrected chi connectivity index (χ3v) is 8.05. The van der Waals surface area contributed by atoms with Gasteiger partial charge in [0.1, 0.15) is 17.3 Å². The molecule has 0 bridgehead atoms. The summed E-state index contributed by atoms with van der Waals surface area (Å²) in [6, 6.07) is 6.77. The van der Waals surface area contributed by atoms with Gasteiger partial charge < -0.3 is 25.2 Å². The van der Waals surface area contributed by atoms with Gasteiger partial charge in [0.2, 0.25) is 10.8 Å². The Hall–Kier alpha value is -1.94. The first-order valence-corrected chi connectivity index (χ1v) is 12.3. The number of nitrogens with zero attached hydrogens (tertiary/aromatic N) is 3. The van der Waals surface area contributed by atoms with Crippen molar-refractivity contribution in [2.24, 2.45) is 5.73 Å². The van der Waals surface area contributed by atoms with Gasteiger partial charge in [-0.1, -0.05) is 12.1 Å². The number of halogens is 1. The molecule has 1 unspecified atom stereocenters. The van der Waals surface area contributed by atoms with E-state index in [2.05, 4.69) is 10.2 Å². The quantitative estimate of drug-likeness (QED) is 0.697. The minimum Gasteiger partial charge on any atom is -0.611 e. The van der Waals surface area contributed by atoms with Gasteiger partial charge in [0.25, 0.3) is 0 Å². The van der Waals surface area contributed by atoms with Crippen molar-refractivity contribution in [2.75, 3.05) is 42.3 Å². The Labute approximate surface area is 184 Å². The molecule has 0 amide bonds. The van der Waals surface area contributed by atoms with Crippen molar-refractivity contribution < 1.29 is 13.7 Å². The molecule has 3 N–H and O–H groups in total. The smallest absolute Gasteiger partial charge is 0.227 e. The zero-order valence-electron chi connectivity index (χ0n) is 17.5. The van der Waals surface area contributed by atoms with Gasteiger partial charge in [-0.25, -0.2) is 9.37 Å². The number of aromatic nitrogens is 2. The number of ether oxygens (including phenoxy) is 1. The Morgan fingerprint density at radius 2 is 1.87 bits per heavy atom. The van der Waals surface area contributed by atoms with Crippen molar-refractivity contribution in [3.05, 3.63) is 41.3 Å². The van der Waals surface area contributed by atoms with Crippen LogP contribution in [0, 0.1) is 5.82 Å². The topological polar surface area (TPSA) is 99.4 Å². The van der Waals surface area contributed by atoms with Crippen LogP contribution in [0.15, 0.2) is 29.2 Å². The van der Waals surface area contributed by atoms with Crippen LogP contribution in [0.2, 0.25) is 0 Å². The average molecular weight is 446 g/mol. The zero-order valence-corrected chi connectivity index (χ0v) is 18.3. The van der Waals surface area contributed by atoms with E-state index in [1.54, 1.807) is 12.1 Å². The number of anilines is 2. The monoisotopic (exact) mass is 445 g/mol. The molecule has 2 saturated heterocycles. The highest BCUT2D eigenvalue weighted by molar-refractivity contribution is 7.91. The van der Waals surface area contributed by atoms with Gasteiger partial charge in [0.15, 0.2) is 5.82 Å². The molecule has 9 heteroatoms. The predicted molar refractivity (Wildman–Crippen MR) is 118 cm³/mol. The largest absolute Gasteiger partial charge is 0.611 e. The van der Waals surface area contributed by atoms with Crippen LogP contribution in [-0.2, 0) is 27.9 Å². The van der Waals surface area contributed by atoms with E-state index in [4.69, 9.17) is 20.4 Å². The Bertz CT molecular complexity index is 930. The summed E-state index contributed by atoms with van der Waals surface area (Å²) in [5, 5.41) is 3.53. The van der Waals surface area contributed by atoms with Crippen molar-refractivity contribution >= 4 is 22.9 Å². The molecule has 3 aliphatic rings. The van der Waals surface area contributed by atoms with Gasteiger partial charge in [-0.3, -0.25) is 0 Å². The van der Waals surface area contributed by atoms with Crippen molar-refractivity contribution in [2.45, 2.75) is 48.6 Å². The zero-order chi connectivity index (χ0) is 21.4. The van der Waals surface area contributed by atoms with Crippen molar-refractivity contribution in [1.82, 2.24) is 9.97 Å². The molecule has 2 fully saturated rings. The molecule has 166 valence electrons. The molecular formula is C22H28FN5O2S. The molecule has 0 saturated carbocycles. The van der Waals surface area contributed by atoms with Gasteiger partial charge >= 0.3 is 0 Å². The SMILES string of the molecule is NC1(c2ccc(F)cc2)CCN(c2nc3c(c(NC4CCOCC4)n2)[S+]([O-])CC3)CC1. The third kappa shape index (κ3) is 4.24. The van der Waals surface area contributed by atoms with E-state index in [0.29, 0.717) is 37.0 Å². The predicted octanol–water partition coefficient (Wildman–Crippen LogP) is 2.32. The maximum Gasteiger partial charge on any atom is 0.227 e. The lowest BCUT2D eigenvalue weighted by Crippen LogP contribution is -2.48. The first-order chi connectivity index (χ1) is 15.0. The highest BCUT2D eigenvalue weighted by Gasteiger charge is 2.36. The lowest BCUT2D eigenvalue weighted by atomic mass is 9.82. The lowest BCUT2D eigenvalue weighted by molar-refractivity contribution is 0.0903. The normalized spacial score (nSPS) is 23.6. The molecule has 31 heavy (non-hydrogen) atoms. The summed E-state index contributed by atoms with van der Waals surface area (Å²) in [5.41, 5.74) is 8.05. The Morgan fingerprint density at radius 1 is 1.16 bits per heavy atom. The van der Waals surface area contributed by atoms with Crippen LogP contribution in [0.5, 0.6) is 0 Å². The van der Waals surface area contributed by atoms with Crippen LogP contribution in [0.3, 0.4) is 0 Å². The van der Waals surface area contributed by atoms with Gasteiger partial charge in [0, 0.05) is 44.3 Å². The van der Waals surface area contributed by atoms with E-state index in [0.717, 1.165) is 55.0 Å². The second-order valence-electron chi connectivity index (χ2n) is 8.63. The van der Waals surface area contributed by atoms with Gasteiger partial charge in [-0.05, 0) is 54.6 Å². The summed E-state index contributed by atoms with van der Waals surface area (Å²) in [6.07, 6.45) is 4.00. The number of hydrogen-bond acceptors (Lipinski definition) is 7. The first-order valence-electron chi connectivity index (χ1n) is 11.0. The fourth-order valence-electron chi connectivity index (χ4n) is 4.63. The molecule has 0 radical (unpaired) electrons. The van der Waals surface area contributed by atoms with Crippen LogP contribution >= 0.6 is 0 Å². The van der Waals surface area contributed by atoms with E-state index in [9.17, 15) is 8.94 Å². The lowest BCUT2D eigenvalue weighted by Gasteiger charge is -2.39. The Kier molecular flexibility index (Phi) is 5.76. The molecule has 1 aromatic heterocycles. The van der Waals surface area contributed by atoms with Gasteiger partial charge in [-0.2, -0.15) is 4.98 Å². The van der Waals surface area contributed by atoms with Crippen molar-refractivity contribution in [1.29, 1.82) is 0 Å². The van der Waals surface area contributed by atoms with E-state index in [1.807, 2.05) is 0 Å². The standard InChI is InChI=1S/C22H28FN5O2S/c23-16-3-1-15(2-4-16)22(24)8-10-28(11-9-22)21-26-18-7-14-31(29)19(18)20(27-21)25-17-5-12-30-13-6-17/h1-4,17H,5-14,24H2,(H,25,26,27). The molecule has 3 aliphatic heterocycles. The second kappa shape index (κ2) is 8.54. The van der Waals surface area contributed by atoms with Gasteiger partial charge in [0.05, 0.1) is 0 Å². The number of fused-ring (bicyclic) bond motifs is 1. The van der Waals surface area contributed by atoms with Crippen LogP contribution in [0.1, 0.15) is 36.9 Å². The van der Waals surface area contributed by atoms with Crippen molar-refractivity contribution in [3.8, 4) is 0 Å². The summed E-state index contributed by atoms with van der Waals surface area (Å²) in [7, 11) is 0. The minimum atomic E-state index is -1.05. The van der Waals surface area contributed by atoms with E-state index < -0.39 is 16.7 Å². The van der Waals surface area contributed by atoms with Crippen LogP contribution < -0.4 is 16.0 Å². The van der Waals surface area contributed by atoms with Crippen molar-refractivity contribution in [3.63, 3.8) is 0 Å². The molecule has 1 atom stereocenters. The van der Waals surface area contributed by atoms with Crippen LogP contribution in [0.25, 0.3) is 0 Å². The minimum absolute atomic E-state index is 0.252. The number of rotatable bonds is 4. The summed E-state index contributed by atoms with van der Waals surface area (Å²) >= 11 is -1.05. The number of benzene rings is 1. The highest BCUT2D eigenvalue weighted by atomic mass is 32.2. The second-order valence-corrected chi connectivity index (χ2v) is 10.1. The van der Waals surface area contributed by atoms with Crippen LogP contribution in [-0.4, -0.2) is 52.6 Å². The Morgan fingerprint density at radius 3 is 2.58 bits per heavy atom. The molecular weight excluding hydrogens is 417 g/mol. The molecule has 7 nitrogen and oxygen atoms in total.